The Morgan fingerprint density at radius 3 is 2.65 bits per heavy atom. The molecule has 6 nitrogen and oxygen atoms in total. The lowest BCUT2D eigenvalue weighted by atomic mass is 10.2. The number of hydrogen-bond acceptors (Lipinski definition) is 4. The van der Waals surface area contributed by atoms with E-state index in [1.54, 1.807) is 25.5 Å². The monoisotopic (exact) mass is 349 g/mol. The summed E-state index contributed by atoms with van der Waals surface area (Å²) < 4.78 is 7.20. The van der Waals surface area contributed by atoms with Crippen molar-refractivity contribution in [3.05, 3.63) is 77.6 Å². The second-order valence-corrected chi connectivity index (χ2v) is 5.73. The van der Waals surface area contributed by atoms with Crippen LogP contribution >= 0.6 is 0 Å². The number of carbonyl (C=O) groups excluding carboxylic acids is 1. The summed E-state index contributed by atoms with van der Waals surface area (Å²) >= 11 is 0. The molecule has 1 aromatic heterocycles. The van der Waals surface area contributed by atoms with Crippen LogP contribution in [0.3, 0.4) is 0 Å². The highest BCUT2D eigenvalue weighted by atomic mass is 16.5. The van der Waals surface area contributed by atoms with Gasteiger partial charge in [-0.05, 0) is 55.5 Å². The third-order valence-electron chi connectivity index (χ3n) is 3.87. The molecule has 0 aliphatic heterocycles. The van der Waals surface area contributed by atoms with Gasteiger partial charge in [0.05, 0.1) is 13.3 Å². The molecule has 132 valence electrons. The third-order valence-corrected chi connectivity index (χ3v) is 3.87. The van der Waals surface area contributed by atoms with Crippen molar-refractivity contribution in [2.75, 3.05) is 7.11 Å². The lowest BCUT2D eigenvalue weighted by Gasteiger charge is -2.06. The summed E-state index contributed by atoms with van der Waals surface area (Å²) in [6.07, 6.45) is 3.51. The van der Waals surface area contributed by atoms with E-state index < -0.39 is 0 Å². The van der Waals surface area contributed by atoms with E-state index in [1.807, 2.05) is 48.0 Å². The second-order valence-electron chi connectivity index (χ2n) is 5.73. The van der Waals surface area contributed by atoms with Gasteiger partial charge in [-0.3, -0.25) is 4.79 Å². The van der Waals surface area contributed by atoms with Gasteiger partial charge < -0.3 is 14.4 Å². The molecule has 6 heteroatoms. The molecule has 0 unspecified atom stereocenters. The normalized spacial score (nSPS) is 10.8. The number of methoxy groups -OCH3 is 1. The molecule has 0 spiro atoms. The van der Waals surface area contributed by atoms with E-state index in [0.29, 0.717) is 5.56 Å². The Morgan fingerprint density at radius 2 is 1.96 bits per heavy atom. The largest absolute Gasteiger partial charge is 0.508 e. The van der Waals surface area contributed by atoms with E-state index in [1.165, 1.54) is 12.1 Å². The highest BCUT2D eigenvalue weighted by Crippen LogP contribution is 2.18. The maximum Gasteiger partial charge on any atom is 0.271 e. The maximum absolute atomic E-state index is 12.0. The molecule has 0 fully saturated rings. The van der Waals surface area contributed by atoms with Crippen LogP contribution in [0, 0.1) is 6.92 Å². The predicted octanol–water partition coefficient (Wildman–Crippen LogP) is 3.26. The van der Waals surface area contributed by atoms with Gasteiger partial charge in [0.15, 0.2) is 0 Å². The van der Waals surface area contributed by atoms with Gasteiger partial charge in [0.25, 0.3) is 5.91 Å². The summed E-state index contributed by atoms with van der Waals surface area (Å²) in [6.45, 7) is 1.99. The van der Waals surface area contributed by atoms with Crippen LogP contribution in [0.1, 0.15) is 21.6 Å². The quantitative estimate of drug-likeness (QED) is 0.548. The zero-order chi connectivity index (χ0) is 18.5. The van der Waals surface area contributed by atoms with E-state index in [0.717, 1.165) is 22.7 Å². The highest BCUT2D eigenvalue weighted by Gasteiger charge is 2.06. The molecule has 0 aliphatic carbocycles. The van der Waals surface area contributed by atoms with Crippen LogP contribution in [0.25, 0.3) is 5.69 Å². The number of hydrogen-bond donors (Lipinski definition) is 2. The predicted molar refractivity (Wildman–Crippen MR) is 100 cm³/mol. The Hall–Kier alpha value is -3.54. The van der Waals surface area contributed by atoms with Crippen molar-refractivity contribution in [3.63, 3.8) is 0 Å². The Bertz CT molecular complexity index is 943. The minimum absolute atomic E-state index is 0.0359. The fourth-order valence-corrected chi connectivity index (χ4v) is 2.57. The lowest BCUT2D eigenvalue weighted by molar-refractivity contribution is 0.0954. The lowest BCUT2D eigenvalue weighted by Crippen LogP contribution is -2.17. The van der Waals surface area contributed by atoms with Gasteiger partial charge in [-0.1, -0.05) is 6.07 Å². The molecule has 26 heavy (non-hydrogen) atoms. The smallest absolute Gasteiger partial charge is 0.271 e. The molecular weight excluding hydrogens is 330 g/mol. The molecule has 0 aliphatic rings. The van der Waals surface area contributed by atoms with Crippen molar-refractivity contribution in [1.29, 1.82) is 0 Å². The number of hydrazone groups is 1. The van der Waals surface area contributed by atoms with E-state index in [9.17, 15) is 9.90 Å². The number of aromatic nitrogens is 1. The number of phenolic OH excluding ortho intramolecular Hbond substituents is 1. The van der Waals surface area contributed by atoms with E-state index in [2.05, 4.69) is 10.5 Å². The van der Waals surface area contributed by atoms with Crippen LogP contribution in [0.4, 0.5) is 0 Å². The van der Waals surface area contributed by atoms with Crippen LogP contribution in [-0.2, 0) is 0 Å². The number of aryl methyl sites for hydroxylation is 1. The average Bonchev–Trinajstić information content (AvgIpc) is 3.02. The van der Waals surface area contributed by atoms with Gasteiger partial charge in [-0.2, -0.15) is 5.10 Å². The highest BCUT2D eigenvalue weighted by molar-refractivity contribution is 5.95. The zero-order valence-corrected chi connectivity index (χ0v) is 14.5. The first kappa shape index (κ1) is 17.3. The number of rotatable bonds is 5. The molecule has 3 aromatic rings. The van der Waals surface area contributed by atoms with Gasteiger partial charge >= 0.3 is 0 Å². The second kappa shape index (κ2) is 7.57. The van der Waals surface area contributed by atoms with Crippen LogP contribution < -0.4 is 10.2 Å². The molecule has 3 rings (SSSR count). The summed E-state index contributed by atoms with van der Waals surface area (Å²) in [5.41, 5.74) is 5.69. The number of amides is 1. The van der Waals surface area contributed by atoms with Crippen LogP contribution in [0.5, 0.6) is 11.5 Å². The molecule has 0 saturated heterocycles. The van der Waals surface area contributed by atoms with Crippen molar-refractivity contribution in [3.8, 4) is 17.2 Å². The standard InChI is InChI=1S/C20H19N3O3/c1-14-10-15(13-23(14)17-6-8-19(26-2)9-7-17)12-21-22-20(25)16-4-3-5-18(24)11-16/h3-13,24H,1-2H3,(H,22,25)/b21-12+. The van der Waals surface area contributed by atoms with Crippen molar-refractivity contribution < 1.29 is 14.6 Å². The molecule has 0 saturated carbocycles. The van der Waals surface area contributed by atoms with Crippen molar-refractivity contribution in [1.82, 2.24) is 9.99 Å². The van der Waals surface area contributed by atoms with Gasteiger partial charge in [0, 0.05) is 28.7 Å². The Morgan fingerprint density at radius 1 is 1.19 bits per heavy atom. The zero-order valence-electron chi connectivity index (χ0n) is 14.5. The molecule has 2 N–H and O–H groups in total. The fourth-order valence-electron chi connectivity index (χ4n) is 2.57. The Balaban J connectivity index is 1.70. The molecular formula is C20H19N3O3. The number of aromatic hydroxyl groups is 1. The summed E-state index contributed by atoms with van der Waals surface area (Å²) in [5.74, 6) is 0.451. The minimum atomic E-state index is -0.386. The first-order chi connectivity index (χ1) is 12.6. The molecule has 0 radical (unpaired) electrons. The summed E-state index contributed by atoms with van der Waals surface area (Å²) in [7, 11) is 1.63. The van der Waals surface area contributed by atoms with Crippen molar-refractivity contribution >= 4 is 12.1 Å². The first-order valence-corrected chi connectivity index (χ1v) is 8.02. The molecule has 1 heterocycles. The number of nitrogens with one attached hydrogen (secondary N) is 1. The maximum atomic E-state index is 12.0. The minimum Gasteiger partial charge on any atom is -0.508 e. The number of benzene rings is 2. The van der Waals surface area contributed by atoms with Crippen LogP contribution in [-0.4, -0.2) is 28.9 Å². The van der Waals surface area contributed by atoms with E-state index >= 15 is 0 Å². The van der Waals surface area contributed by atoms with Crippen molar-refractivity contribution in [2.45, 2.75) is 6.92 Å². The van der Waals surface area contributed by atoms with Crippen LogP contribution in [0.15, 0.2) is 65.9 Å². The number of phenols is 1. The summed E-state index contributed by atoms with van der Waals surface area (Å²) in [5, 5.41) is 13.4. The molecule has 0 atom stereocenters. The van der Waals surface area contributed by atoms with Gasteiger partial charge in [0.1, 0.15) is 11.5 Å². The molecule has 1 amide bonds. The SMILES string of the molecule is COc1ccc(-n2cc(/C=N/NC(=O)c3cccc(O)c3)cc2C)cc1. The van der Waals surface area contributed by atoms with E-state index in [-0.39, 0.29) is 11.7 Å². The van der Waals surface area contributed by atoms with Gasteiger partial charge in [0.2, 0.25) is 0 Å². The molecule has 2 aromatic carbocycles. The summed E-state index contributed by atoms with van der Waals surface area (Å²) in [6, 6.07) is 15.8. The van der Waals surface area contributed by atoms with Crippen molar-refractivity contribution in [2.24, 2.45) is 5.10 Å². The van der Waals surface area contributed by atoms with E-state index in [4.69, 9.17) is 4.74 Å². The fraction of sp³-hybridized carbons (Fsp3) is 0.100. The first-order valence-electron chi connectivity index (χ1n) is 8.02. The van der Waals surface area contributed by atoms with Gasteiger partial charge in [-0.25, -0.2) is 5.43 Å². The molecule has 0 bridgehead atoms. The topological polar surface area (TPSA) is 75.8 Å². The number of carbonyl (C=O) groups is 1. The third kappa shape index (κ3) is 3.92. The van der Waals surface area contributed by atoms with Crippen LogP contribution in [0.2, 0.25) is 0 Å². The number of nitrogens with zero attached hydrogens (tertiary/aromatic N) is 2. The van der Waals surface area contributed by atoms with Gasteiger partial charge in [-0.15, -0.1) is 0 Å². The Labute approximate surface area is 151 Å². The Kier molecular flexibility index (Phi) is 5.03. The summed E-state index contributed by atoms with van der Waals surface area (Å²) in [4.78, 5) is 12.0. The number of ether oxygens (including phenoxy) is 1. The average molecular weight is 349 g/mol.